The second-order valence-corrected chi connectivity index (χ2v) is 8.30. The lowest BCUT2D eigenvalue weighted by Gasteiger charge is -2.17. The van der Waals surface area contributed by atoms with Crippen LogP contribution in [0.2, 0.25) is 0 Å². The second-order valence-electron chi connectivity index (χ2n) is 6.47. The zero-order chi connectivity index (χ0) is 17.8. The molecule has 4 rings (SSSR count). The van der Waals surface area contributed by atoms with E-state index in [1.165, 1.54) is 12.1 Å². The summed E-state index contributed by atoms with van der Waals surface area (Å²) in [5, 5.41) is 3.98. The molecule has 1 saturated carbocycles. The third kappa shape index (κ3) is 2.62. The van der Waals surface area contributed by atoms with Crippen LogP contribution in [0.25, 0.3) is 11.5 Å². The van der Waals surface area contributed by atoms with Crippen molar-refractivity contribution in [2.75, 3.05) is 6.54 Å². The molecule has 2 aromatic rings. The number of rotatable bonds is 3. The molecule has 2 heterocycles. The Morgan fingerprint density at radius 1 is 1.31 bits per heavy atom. The van der Waals surface area contributed by atoms with Crippen molar-refractivity contribution < 1.29 is 17.7 Å². The van der Waals surface area contributed by atoms with Gasteiger partial charge in [-0.3, -0.25) is 4.79 Å². The number of nitrogens with two attached hydrogens (primary N) is 1. The van der Waals surface area contributed by atoms with Crippen molar-refractivity contribution in [2.24, 2.45) is 5.73 Å². The number of sulfonamides is 1. The summed E-state index contributed by atoms with van der Waals surface area (Å²) < 4.78 is 31.1. The fraction of sp³-hybridized carbons (Fsp3) is 0.438. The molecule has 2 N–H and O–H groups in total. The van der Waals surface area contributed by atoms with Crippen LogP contribution in [0.1, 0.15) is 48.8 Å². The molecular formula is C16H19ClN4O4S. The number of hydrogen-bond donors (Lipinski definition) is 1. The first-order valence-electron chi connectivity index (χ1n) is 8.21. The van der Waals surface area contributed by atoms with E-state index in [1.54, 1.807) is 13.0 Å². The van der Waals surface area contributed by atoms with E-state index in [4.69, 9.17) is 10.3 Å². The summed E-state index contributed by atoms with van der Waals surface area (Å²) in [5.74, 6) is 0.129. The minimum absolute atomic E-state index is 0. The molecule has 8 nitrogen and oxygen atoms in total. The molecule has 10 heteroatoms. The third-order valence-corrected chi connectivity index (χ3v) is 6.81. The van der Waals surface area contributed by atoms with Gasteiger partial charge in [-0.1, -0.05) is 18.0 Å². The third-order valence-electron chi connectivity index (χ3n) is 4.91. The Morgan fingerprint density at radius 3 is 2.65 bits per heavy atom. The number of carbonyl (C=O) groups excluding carboxylic acids is 1. The van der Waals surface area contributed by atoms with E-state index in [2.05, 4.69) is 10.1 Å². The molecule has 1 amide bonds. The van der Waals surface area contributed by atoms with E-state index >= 15 is 0 Å². The van der Waals surface area contributed by atoms with E-state index in [9.17, 15) is 13.2 Å². The van der Waals surface area contributed by atoms with Crippen molar-refractivity contribution in [3.8, 4) is 11.5 Å². The summed E-state index contributed by atoms with van der Waals surface area (Å²) in [5.41, 5.74) is 6.36. The van der Waals surface area contributed by atoms with Crippen LogP contribution < -0.4 is 5.73 Å². The first-order valence-corrected chi connectivity index (χ1v) is 9.65. The number of benzene rings is 1. The molecule has 140 valence electrons. The highest BCUT2D eigenvalue weighted by atomic mass is 35.5. The molecule has 0 atom stereocenters. The standard InChI is InChI=1S/C16H18N4O4S.ClH/c1-2-20-14(21)11-6-5-10(9-12(11)25(20,22)23)13-18-15(19-24-13)16(17)7-3-4-8-16;/h5-6,9H,2-4,7-8,17H2,1H3;1H. The smallest absolute Gasteiger partial charge is 0.268 e. The van der Waals surface area contributed by atoms with E-state index in [0.717, 1.165) is 30.0 Å². The molecule has 0 unspecified atom stereocenters. The molecule has 1 aliphatic carbocycles. The van der Waals surface area contributed by atoms with Crippen molar-refractivity contribution in [1.82, 2.24) is 14.4 Å². The van der Waals surface area contributed by atoms with Crippen LogP contribution in [-0.4, -0.2) is 35.3 Å². The van der Waals surface area contributed by atoms with Crippen molar-refractivity contribution in [2.45, 2.75) is 43.0 Å². The van der Waals surface area contributed by atoms with E-state index in [-0.39, 0.29) is 35.3 Å². The van der Waals surface area contributed by atoms with Crippen molar-refractivity contribution in [3.63, 3.8) is 0 Å². The van der Waals surface area contributed by atoms with Gasteiger partial charge in [0.05, 0.1) is 11.1 Å². The molecule has 2 aliphatic rings. The highest BCUT2D eigenvalue weighted by molar-refractivity contribution is 7.90. The molecule has 26 heavy (non-hydrogen) atoms. The van der Waals surface area contributed by atoms with Crippen molar-refractivity contribution in [3.05, 3.63) is 29.6 Å². The summed E-state index contributed by atoms with van der Waals surface area (Å²) in [6, 6.07) is 4.51. The Kier molecular flexibility index (Phi) is 4.58. The number of halogens is 1. The van der Waals surface area contributed by atoms with Crippen LogP contribution in [-0.2, 0) is 15.6 Å². The minimum Gasteiger partial charge on any atom is -0.334 e. The Bertz CT molecular complexity index is 966. The Balaban J connectivity index is 0.00000196. The highest BCUT2D eigenvalue weighted by Gasteiger charge is 2.41. The lowest BCUT2D eigenvalue weighted by atomic mass is 9.98. The predicted molar refractivity (Wildman–Crippen MR) is 95.2 cm³/mol. The van der Waals surface area contributed by atoms with Crippen LogP contribution in [0, 0.1) is 0 Å². The number of fused-ring (bicyclic) bond motifs is 1. The Morgan fingerprint density at radius 2 is 2.00 bits per heavy atom. The largest absolute Gasteiger partial charge is 0.334 e. The number of carbonyl (C=O) groups is 1. The maximum absolute atomic E-state index is 12.5. The lowest BCUT2D eigenvalue weighted by Crippen LogP contribution is -2.34. The van der Waals surface area contributed by atoms with Crippen molar-refractivity contribution in [1.29, 1.82) is 0 Å². The predicted octanol–water partition coefficient (Wildman–Crippen LogP) is 2.05. The molecule has 0 spiro atoms. The molecule has 1 aromatic heterocycles. The first-order chi connectivity index (χ1) is 11.9. The average Bonchev–Trinajstić information content (AvgIpc) is 3.27. The van der Waals surface area contributed by atoms with Gasteiger partial charge < -0.3 is 10.3 Å². The van der Waals surface area contributed by atoms with Gasteiger partial charge in [0, 0.05) is 12.1 Å². The lowest BCUT2D eigenvalue weighted by molar-refractivity contribution is 0.0876. The zero-order valence-electron chi connectivity index (χ0n) is 14.1. The van der Waals surface area contributed by atoms with Gasteiger partial charge in [-0.05, 0) is 38.0 Å². The van der Waals surface area contributed by atoms with Crippen molar-refractivity contribution >= 4 is 28.3 Å². The van der Waals surface area contributed by atoms with E-state index < -0.39 is 21.5 Å². The van der Waals surface area contributed by atoms with Gasteiger partial charge in [0.15, 0.2) is 5.82 Å². The van der Waals surface area contributed by atoms with Crippen LogP contribution in [0.15, 0.2) is 27.6 Å². The fourth-order valence-electron chi connectivity index (χ4n) is 3.49. The van der Waals surface area contributed by atoms with E-state index in [0.29, 0.717) is 11.4 Å². The van der Waals surface area contributed by atoms with Crippen LogP contribution >= 0.6 is 12.4 Å². The normalized spacial score (nSPS) is 20.1. The van der Waals surface area contributed by atoms with Crippen LogP contribution in [0.3, 0.4) is 0 Å². The quantitative estimate of drug-likeness (QED) is 0.839. The monoisotopic (exact) mass is 398 g/mol. The van der Waals surface area contributed by atoms with Crippen LogP contribution in [0.5, 0.6) is 0 Å². The van der Waals surface area contributed by atoms with Gasteiger partial charge >= 0.3 is 0 Å². The van der Waals surface area contributed by atoms with Gasteiger partial charge in [0.2, 0.25) is 0 Å². The molecule has 0 bridgehead atoms. The fourth-order valence-corrected chi connectivity index (χ4v) is 5.10. The van der Waals surface area contributed by atoms with E-state index in [1.807, 2.05) is 0 Å². The summed E-state index contributed by atoms with van der Waals surface area (Å²) in [4.78, 5) is 16.5. The summed E-state index contributed by atoms with van der Waals surface area (Å²) >= 11 is 0. The van der Waals surface area contributed by atoms with Crippen LogP contribution in [0.4, 0.5) is 0 Å². The maximum Gasteiger partial charge on any atom is 0.268 e. The molecular weight excluding hydrogens is 380 g/mol. The maximum atomic E-state index is 12.5. The Labute approximate surface area is 157 Å². The molecule has 0 saturated heterocycles. The number of amides is 1. The topological polar surface area (TPSA) is 119 Å². The summed E-state index contributed by atoms with van der Waals surface area (Å²) in [6.07, 6.45) is 3.63. The van der Waals surface area contributed by atoms with Gasteiger partial charge in [-0.15, -0.1) is 12.4 Å². The Hall–Kier alpha value is -1.97. The van der Waals surface area contributed by atoms with Gasteiger partial charge in [0.25, 0.3) is 21.8 Å². The number of aromatic nitrogens is 2. The molecule has 1 fully saturated rings. The second kappa shape index (κ2) is 6.33. The average molecular weight is 399 g/mol. The molecule has 0 radical (unpaired) electrons. The molecule has 1 aliphatic heterocycles. The number of hydrogen-bond acceptors (Lipinski definition) is 7. The van der Waals surface area contributed by atoms with Gasteiger partial charge in [0.1, 0.15) is 4.90 Å². The summed E-state index contributed by atoms with van der Waals surface area (Å²) in [7, 11) is -3.83. The highest BCUT2D eigenvalue weighted by Crippen LogP contribution is 2.37. The molecule has 1 aromatic carbocycles. The summed E-state index contributed by atoms with van der Waals surface area (Å²) in [6.45, 7) is 1.71. The minimum atomic E-state index is -3.83. The van der Waals surface area contributed by atoms with Gasteiger partial charge in [-0.25, -0.2) is 12.7 Å². The zero-order valence-corrected chi connectivity index (χ0v) is 15.8. The SMILES string of the molecule is CCN1C(=O)c2ccc(-c3nc(C4(N)CCCC4)no3)cc2S1(=O)=O.Cl. The van der Waals surface area contributed by atoms with Gasteiger partial charge in [-0.2, -0.15) is 4.98 Å². The first kappa shape index (κ1) is 18.8. The number of nitrogens with zero attached hydrogens (tertiary/aromatic N) is 3.